The van der Waals surface area contributed by atoms with E-state index in [-0.39, 0.29) is 16.7 Å². The second-order valence-corrected chi connectivity index (χ2v) is 5.22. The molecular weight excluding hydrogens is 262 g/mol. The van der Waals surface area contributed by atoms with E-state index in [0.29, 0.717) is 6.54 Å². The summed E-state index contributed by atoms with van der Waals surface area (Å²) in [5, 5.41) is 14.1. The Labute approximate surface area is 115 Å². The third kappa shape index (κ3) is 3.36. The minimum atomic E-state index is -0.375. The molecule has 2 rings (SSSR count). The predicted molar refractivity (Wildman–Crippen MR) is 75.2 cm³/mol. The van der Waals surface area contributed by atoms with E-state index in [0.717, 1.165) is 11.3 Å². The fourth-order valence-corrected chi connectivity index (χ4v) is 2.71. The van der Waals surface area contributed by atoms with Gasteiger partial charge < -0.3 is 5.32 Å². The van der Waals surface area contributed by atoms with Gasteiger partial charge in [0.25, 0.3) is 5.69 Å². The zero-order chi connectivity index (χ0) is 13.8. The van der Waals surface area contributed by atoms with Crippen LogP contribution in [0, 0.1) is 17.0 Å². The second kappa shape index (κ2) is 5.90. The van der Waals surface area contributed by atoms with Crippen LogP contribution in [-0.2, 0) is 6.54 Å². The molecule has 0 aliphatic carbocycles. The van der Waals surface area contributed by atoms with Crippen LogP contribution in [0.2, 0.25) is 0 Å². The number of nitro benzene ring substituents is 1. The second-order valence-electron chi connectivity index (χ2n) is 4.33. The van der Waals surface area contributed by atoms with Gasteiger partial charge in [0.1, 0.15) is 0 Å². The predicted octanol–water partition coefficient (Wildman–Crippen LogP) is 3.21. The maximum absolute atomic E-state index is 10.7. The van der Waals surface area contributed by atoms with Crippen LogP contribution in [0.25, 0.3) is 0 Å². The van der Waals surface area contributed by atoms with Gasteiger partial charge in [-0.25, -0.2) is 4.98 Å². The van der Waals surface area contributed by atoms with Gasteiger partial charge >= 0.3 is 0 Å². The van der Waals surface area contributed by atoms with Crippen molar-refractivity contribution in [1.29, 1.82) is 0 Å². The number of hydrogen-bond acceptors (Lipinski definition) is 5. The van der Waals surface area contributed by atoms with Gasteiger partial charge in [-0.05, 0) is 19.4 Å². The summed E-state index contributed by atoms with van der Waals surface area (Å²) in [6, 6.07) is 6.87. The number of rotatable bonds is 5. The smallest absolute Gasteiger partial charge is 0.269 e. The number of benzene rings is 1. The Hall–Kier alpha value is -1.79. The Morgan fingerprint density at radius 2 is 2.32 bits per heavy atom. The Balaban J connectivity index is 2.01. The highest BCUT2D eigenvalue weighted by Gasteiger charge is 2.11. The number of aryl methyl sites for hydroxylation is 1. The standard InChI is InChI=1S/C13H15N3O2S/c1-9(13-10(2)15-8-19-13)14-7-11-4-3-5-12(6-11)16(17)18/h3-6,8-9,14H,7H2,1-2H3. The summed E-state index contributed by atoms with van der Waals surface area (Å²) in [5.41, 5.74) is 3.89. The van der Waals surface area contributed by atoms with Gasteiger partial charge in [-0.2, -0.15) is 0 Å². The number of hydrogen-bond donors (Lipinski definition) is 1. The minimum absolute atomic E-state index is 0.126. The van der Waals surface area contributed by atoms with Crippen molar-refractivity contribution < 1.29 is 4.92 Å². The van der Waals surface area contributed by atoms with Crippen LogP contribution in [-0.4, -0.2) is 9.91 Å². The first-order chi connectivity index (χ1) is 9.08. The molecule has 0 bridgehead atoms. The Kier molecular flexibility index (Phi) is 4.24. The molecule has 0 saturated carbocycles. The molecule has 5 nitrogen and oxygen atoms in total. The normalized spacial score (nSPS) is 12.3. The molecule has 1 heterocycles. The summed E-state index contributed by atoms with van der Waals surface area (Å²) in [4.78, 5) is 15.7. The molecule has 1 unspecified atom stereocenters. The summed E-state index contributed by atoms with van der Waals surface area (Å²) >= 11 is 1.62. The number of nitrogens with one attached hydrogen (secondary N) is 1. The van der Waals surface area contributed by atoms with E-state index in [1.54, 1.807) is 23.5 Å². The van der Waals surface area contributed by atoms with Gasteiger partial charge in [-0.1, -0.05) is 12.1 Å². The van der Waals surface area contributed by atoms with Gasteiger partial charge in [0, 0.05) is 29.6 Å². The third-order valence-electron chi connectivity index (χ3n) is 2.91. The van der Waals surface area contributed by atoms with E-state index in [4.69, 9.17) is 0 Å². The highest BCUT2D eigenvalue weighted by atomic mass is 32.1. The van der Waals surface area contributed by atoms with Crippen LogP contribution in [0.15, 0.2) is 29.8 Å². The zero-order valence-corrected chi connectivity index (χ0v) is 11.6. The molecule has 100 valence electrons. The third-order valence-corrected chi connectivity index (χ3v) is 4.02. The highest BCUT2D eigenvalue weighted by Crippen LogP contribution is 2.21. The Bertz CT molecular complexity index is 583. The average molecular weight is 277 g/mol. The molecule has 0 saturated heterocycles. The minimum Gasteiger partial charge on any atom is -0.305 e. The number of non-ortho nitro benzene ring substituents is 1. The van der Waals surface area contributed by atoms with Crippen LogP contribution in [0.3, 0.4) is 0 Å². The van der Waals surface area contributed by atoms with Gasteiger partial charge in [-0.3, -0.25) is 10.1 Å². The molecule has 1 atom stereocenters. The largest absolute Gasteiger partial charge is 0.305 e. The SMILES string of the molecule is Cc1ncsc1C(C)NCc1cccc([N+](=O)[O-])c1. The van der Waals surface area contributed by atoms with Crippen LogP contribution in [0.1, 0.15) is 29.1 Å². The first-order valence-electron chi connectivity index (χ1n) is 5.94. The van der Waals surface area contributed by atoms with Crippen molar-refractivity contribution in [2.45, 2.75) is 26.4 Å². The van der Waals surface area contributed by atoms with E-state index >= 15 is 0 Å². The molecule has 0 fully saturated rings. The first kappa shape index (κ1) is 13.6. The van der Waals surface area contributed by atoms with Crippen LogP contribution < -0.4 is 5.32 Å². The van der Waals surface area contributed by atoms with E-state index in [1.165, 1.54) is 10.9 Å². The average Bonchev–Trinajstić information content (AvgIpc) is 2.82. The van der Waals surface area contributed by atoms with E-state index in [2.05, 4.69) is 17.2 Å². The Morgan fingerprint density at radius 1 is 1.53 bits per heavy atom. The summed E-state index contributed by atoms with van der Waals surface area (Å²) in [6.07, 6.45) is 0. The maximum atomic E-state index is 10.7. The summed E-state index contributed by atoms with van der Waals surface area (Å²) in [6.45, 7) is 4.65. The molecule has 0 aliphatic heterocycles. The lowest BCUT2D eigenvalue weighted by atomic mass is 10.2. The lowest BCUT2D eigenvalue weighted by Gasteiger charge is -2.12. The molecular formula is C13H15N3O2S. The molecule has 0 radical (unpaired) electrons. The fraction of sp³-hybridized carbons (Fsp3) is 0.308. The molecule has 2 aromatic rings. The molecule has 0 amide bonds. The van der Waals surface area contributed by atoms with E-state index in [9.17, 15) is 10.1 Å². The van der Waals surface area contributed by atoms with Crippen molar-refractivity contribution in [1.82, 2.24) is 10.3 Å². The monoisotopic (exact) mass is 277 g/mol. The van der Waals surface area contributed by atoms with Crippen molar-refractivity contribution in [3.05, 3.63) is 56.0 Å². The van der Waals surface area contributed by atoms with Crippen LogP contribution in [0.5, 0.6) is 0 Å². The molecule has 1 aromatic carbocycles. The van der Waals surface area contributed by atoms with Crippen LogP contribution in [0.4, 0.5) is 5.69 Å². The highest BCUT2D eigenvalue weighted by molar-refractivity contribution is 7.09. The number of aromatic nitrogens is 1. The molecule has 0 aliphatic rings. The van der Waals surface area contributed by atoms with Crippen molar-refractivity contribution in [2.75, 3.05) is 0 Å². The fourth-order valence-electron chi connectivity index (χ4n) is 1.87. The van der Waals surface area contributed by atoms with Crippen molar-refractivity contribution in [2.24, 2.45) is 0 Å². The topological polar surface area (TPSA) is 68.1 Å². The van der Waals surface area contributed by atoms with Crippen molar-refractivity contribution in [3.8, 4) is 0 Å². The lowest BCUT2D eigenvalue weighted by molar-refractivity contribution is -0.384. The van der Waals surface area contributed by atoms with Crippen LogP contribution >= 0.6 is 11.3 Å². The van der Waals surface area contributed by atoms with Crippen molar-refractivity contribution >= 4 is 17.0 Å². The first-order valence-corrected chi connectivity index (χ1v) is 6.82. The summed E-state index contributed by atoms with van der Waals surface area (Å²) in [7, 11) is 0. The van der Waals surface area contributed by atoms with E-state index < -0.39 is 0 Å². The maximum Gasteiger partial charge on any atom is 0.269 e. The Morgan fingerprint density at radius 3 is 2.95 bits per heavy atom. The molecule has 0 spiro atoms. The van der Waals surface area contributed by atoms with Gasteiger partial charge in [-0.15, -0.1) is 11.3 Å². The molecule has 19 heavy (non-hydrogen) atoms. The summed E-state index contributed by atoms with van der Waals surface area (Å²) < 4.78 is 0. The molecule has 1 N–H and O–H groups in total. The molecule has 6 heteroatoms. The van der Waals surface area contributed by atoms with Crippen molar-refractivity contribution in [3.63, 3.8) is 0 Å². The zero-order valence-electron chi connectivity index (χ0n) is 10.8. The number of nitrogens with zero attached hydrogens (tertiary/aromatic N) is 2. The van der Waals surface area contributed by atoms with Gasteiger partial charge in [0.05, 0.1) is 16.1 Å². The summed E-state index contributed by atoms with van der Waals surface area (Å²) in [5.74, 6) is 0. The lowest BCUT2D eigenvalue weighted by Crippen LogP contribution is -2.17. The number of nitro groups is 1. The van der Waals surface area contributed by atoms with Gasteiger partial charge in [0.15, 0.2) is 0 Å². The quantitative estimate of drug-likeness (QED) is 0.673. The van der Waals surface area contributed by atoms with Gasteiger partial charge in [0.2, 0.25) is 0 Å². The van der Waals surface area contributed by atoms with E-state index in [1.807, 2.05) is 18.5 Å². The molecule has 1 aromatic heterocycles. The number of thiazole rings is 1.